The van der Waals surface area contributed by atoms with Crippen LogP contribution < -0.4 is 0 Å². The van der Waals surface area contributed by atoms with E-state index in [9.17, 15) is 14.2 Å². The highest BCUT2D eigenvalue weighted by atomic mass is 32.2. The summed E-state index contributed by atoms with van der Waals surface area (Å²) in [6.45, 7) is 1.81. The van der Waals surface area contributed by atoms with E-state index in [1.54, 1.807) is 0 Å². The van der Waals surface area contributed by atoms with E-state index in [0.717, 1.165) is 11.8 Å². The molecule has 0 bridgehead atoms. The highest BCUT2D eigenvalue weighted by Gasteiger charge is 2.40. The number of rotatable bonds is 4. The fourth-order valence-electron chi connectivity index (χ4n) is 1.82. The van der Waals surface area contributed by atoms with E-state index in [2.05, 4.69) is 0 Å². The van der Waals surface area contributed by atoms with Crippen LogP contribution in [0.5, 0.6) is 0 Å². The van der Waals surface area contributed by atoms with Crippen molar-refractivity contribution in [2.24, 2.45) is 0 Å². The second-order valence-electron chi connectivity index (χ2n) is 3.89. The van der Waals surface area contributed by atoms with Crippen molar-refractivity contribution in [3.63, 3.8) is 0 Å². The van der Waals surface area contributed by atoms with E-state index >= 15 is 0 Å². The Morgan fingerprint density at radius 2 is 2.12 bits per heavy atom. The van der Waals surface area contributed by atoms with E-state index in [1.807, 2.05) is 0 Å². The van der Waals surface area contributed by atoms with E-state index in [4.69, 9.17) is 9.79 Å². The average molecular weight is 281 g/mol. The number of amides is 1. The maximum atomic E-state index is 11.7. The van der Waals surface area contributed by atoms with Crippen LogP contribution in [0.3, 0.4) is 0 Å². The van der Waals surface area contributed by atoms with Crippen LogP contribution in [0.15, 0.2) is 0 Å². The fourth-order valence-corrected chi connectivity index (χ4v) is 3.51. The molecule has 0 radical (unpaired) electrons. The maximum absolute atomic E-state index is 11.7. The number of hydrogen-bond donors (Lipinski definition) is 2. The second-order valence-corrected chi connectivity index (χ2v) is 6.94. The van der Waals surface area contributed by atoms with Crippen molar-refractivity contribution in [1.82, 2.24) is 4.90 Å². The van der Waals surface area contributed by atoms with Crippen LogP contribution in [0.1, 0.15) is 26.2 Å². The van der Waals surface area contributed by atoms with Crippen LogP contribution in [-0.4, -0.2) is 43.8 Å². The van der Waals surface area contributed by atoms with Gasteiger partial charge in [-0.15, -0.1) is 0 Å². The summed E-state index contributed by atoms with van der Waals surface area (Å²) in [6, 6.07) is 0. The molecule has 1 rings (SSSR count). The third-order valence-corrected chi connectivity index (χ3v) is 4.68. The Morgan fingerprint density at radius 3 is 2.65 bits per heavy atom. The first-order valence-corrected chi connectivity index (χ1v) is 7.97. The summed E-state index contributed by atoms with van der Waals surface area (Å²) in [5.74, 6) is -0.902. The van der Waals surface area contributed by atoms with Crippen LogP contribution in [0.2, 0.25) is 0 Å². The number of nitrogens with zero attached hydrogens (tertiary/aromatic N) is 1. The molecule has 8 heteroatoms. The minimum absolute atomic E-state index is 0.0641. The van der Waals surface area contributed by atoms with Gasteiger partial charge < -0.3 is 14.7 Å². The summed E-state index contributed by atoms with van der Waals surface area (Å²) in [5, 5.41) is -0.0641. The lowest BCUT2D eigenvalue weighted by atomic mass is 10.4. The van der Waals surface area contributed by atoms with Gasteiger partial charge >= 0.3 is 7.60 Å². The molecule has 1 aliphatic heterocycles. The van der Waals surface area contributed by atoms with Crippen molar-refractivity contribution in [3.05, 3.63) is 0 Å². The monoisotopic (exact) mass is 281 g/mol. The predicted molar refractivity (Wildman–Crippen MR) is 64.5 cm³/mol. The smallest absolute Gasteiger partial charge is 0.328 e. The largest absolute Gasteiger partial charge is 0.347 e. The molecule has 0 aromatic carbocycles. The van der Waals surface area contributed by atoms with Gasteiger partial charge in [-0.3, -0.25) is 14.2 Å². The number of hydrogen-bond acceptors (Lipinski definition) is 4. The molecule has 1 atom stereocenters. The number of carbonyl (C=O) groups excluding carboxylic acids is 2. The molecule has 1 unspecified atom stereocenters. The lowest BCUT2D eigenvalue weighted by Crippen LogP contribution is -2.35. The van der Waals surface area contributed by atoms with Gasteiger partial charge in [0.2, 0.25) is 5.91 Å². The summed E-state index contributed by atoms with van der Waals surface area (Å²) in [4.78, 5) is 41.9. The molecule has 0 aromatic heterocycles. The van der Waals surface area contributed by atoms with Gasteiger partial charge in [0.1, 0.15) is 5.78 Å². The molecule has 0 spiro atoms. The Balaban J connectivity index is 2.51. The average Bonchev–Trinajstić information content (AvgIpc) is 2.64. The first-order chi connectivity index (χ1) is 7.82. The van der Waals surface area contributed by atoms with Gasteiger partial charge in [-0.25, -0.2) is 0 Å². The highest BCUT2D eigenvalue weighted by Crippen LogP contribution is 2.47. The molecule has 1 amide bonds. The van der Waals surface area contributed by atoms with Crippen molar-refractivity contribution in [3.8, 4) is 0 Å². The molecule has 2 N–H and O–H groups in total. The second kappa shape index (κ2) is 6.00. The Hall–Kier alpha value is -0.360. The van der Waals surface area contributed by atoms with Gasteiger partial charge in [-0.05, 0) is 12.8 Å². The molecule has 0 saturated carbocycles. The lowest BCUT2D eigenvalue weighted by Gasteiger charge is -2.25. The minimum Gasteiger partial charge on any atom is -0.328 e. The van der Waals surface area contributed by atoms with E-state index in [-0.39, 0.29) is 17.4 Å². The van der Waals surface area contributed by atoms with Crippen molar-refractivity contribution in [1.29, 1.82) is 0 Å². The van der Waals surface area contributed by atoms with E-state index in [0.29, 0.717) is 25.1 Å². The SMILES string of the molecule is CC(=O)SCCC(=O)N1CCCC1P(=O)(O)O. The zero-order chi connectivity index (χ0) is 13.1. The van der Waals surface area contributed by atoms with Crippen LogP contribution in [-0.2, 0) is 14.2 Å². The summed E-state index contributed by atoms with van der Waals surface area (Å²) in [6.07, 6.45) is 1.10. The van der Waals surface area contributed by atoms with Gasteiger partial charge in [0, 0.05) is 25.6 Å². The van der Waals surface area contributed by atoms with Gasteiger partial charge in [0.15, 0.2) is 5.12 Å². The first kappa shape index (κ1) is 14.7. The Labute approximate surface area is 104 Å². The van der Waals surface area contributed by atoms with E-state index < -0.39 is 13.4 Å². The zero-order valence-electron chi connectivity index (χ0n) is 9.53. The third-order valence-electron chi connectivity index (χ3n) is 2.55. The topological polar surface area (TPSA) is 94.9 Å². The minimum atomic E-state index is -4.24. The van der Waals surface area contributed by atoms with Crippen molar-refractivity contribution < 1.29 is 23.9 Å². The van der Waals surface area contributed by atoms with Crippen LogP contribution in [0.4, 0.5) is 0 Å². The summed E-state index contributed by atoms with van der Waals surface area (Å²) in [5.41, 5.74) is 0. The molecule has 1 aliphatic rings. The van der Waals surface area contributed by atoms with Crippen LogP contribution >= 0.6 is 19.4 Å². The molecular weight excluding hydrogens is 265 g/mol. The molecule has 0 aliphatic carbocycles. The number of thioether (sulfide) groups is 1. The third kappa shape index (κ3) is 4.43. The summed E-state index contributed by atoms with van der Waals surface area (Å²) in [7, 11) is -4.24. The zero-order valence-corrected chi connectivity index (χ0v) is 11.2. The Morgan fingerprint density at radius 1 is 1.47 bits per heavy atom. The highest BCUT2D eigenvalue weighted by molar-refractivity contribution is 8.13. The van der Waals surface area contributed by atoms with Crippen molar-refractivity contribution in [2.75, 3.05) is 12.3 Å². The summed E-state index contributed by atoms with van der Waals surface area (Å²) >= 11 is 1.05. The van der Waals surface area contributed by atoms with Gasteiger partial charge in [0.25, 0.3) is 0 Å². The molecular formula is C9H16NO5PS. The maximum Gasteiger partial charge on any atom is 0.347 e. The normalized spacial score (nSPS) is 20.6. The number of carbonyl (C=O) groups is 2. The Kier molecular flexibility index (Phi) is 5.19. The molecule has 98 valence electrons. The molecule has 6 nitrogen and oxygen atoms in total. The molecule has 17 heavy (non-hydrogen) atoms. The van der Waals surface area contributed by atoms with Gasteiger partial charge in [0.05, 0.1) is 0 Å². The number of likely N-dealkylation sites (tertiary alicyclic amines) is 1. The Bertz CT molecular complexity index is 355. The quantitative estimate of drug-likeness (QED) is 0.739. The van der Waals surface area contributed by atoms with E-state index in [1.165, 1.54) is 11.8 Å². The van der Waals surface area contributed by atoms with Crippen LogP contribution in [0.25, 0.3) is 0 Å². The van der Waals surface area contributed by atoms with Crippen molar-refractivity contribution >= 4 is 30.4 Å². The molecule has 1 heterocycles. The summed E-state index contributed by atoms with van der Waals surface area (Å²) < 4.78 is 11.2. The van der Waals surface area contributed by atoms with Gasteiger partial charge in [-0.1, -0.05) is 11.8 Å². The van der Waals surface area contributed by atoms with Crippen LogP contribution in [0, 0.1) is 0 Å². The molecule has 1 saturated heterocycles. The first-order valence-electron chi connectivity index (χ1n) is 5.30. The lowest BCUT2D eigenvalue weighted by molar-refractivity contribution is -0.130. The fraction of sp³-hybridized carbons (Fsp3) is 0.778. The van der Waals surface area contributed by atoms with Gasteiger partial charge in [-0.2, -0.15) is 0 Å². The van der Waals surface area contributed by atoms with Crippen molar-refractivity contribution in [2.45, 2.75) is 32.0 Å². The predicted octanol–water partition coefficient (Wildman–Crippen LogP) is 0.782. The standard InChI is InChI=1S/C9H16NO5PS/c1-7(11)17-6-4-8(12)10-5-2-3-9(10)16(13,14)15/h9H,2-6H2,1H3,(H2,13,14,15). The molecule has 0 aromatic rings. The molecule has 1 fully saturated rings.